The monoisotopic (exact) mass is 340 g/mol. The topological polar surface area (TPSA) is 43.7 Å². The second-order valence-electron chi connectivity index (χ2n) is 6.72. The minimum Gasteiger partial charge on any atom is -0.382 e. The van der Waals surface area contributed by atoms with Crippen LogP contribution in [0.15, 0.2) is 54.7 Å². The predicted octanol–water partition coefficient (Wildman–Crippen LogP) is 1.75. The molecular weight excluding hydrogens is 317 g/mol. The summed E-state index contributed by atoms with van der Waals surface area (Å²) in [6.45, 7) is 4.48. The van der Waals surface area contributed by atoms with E-state index >= 15 is 0 Å². The smallest absolute Gasteiger partial charge is 0.130 e. The summed E-state index contributed by atoms with van der Waals surface area (Å²) >= 11 is 0. The number of aromatic amines is 1. The molecule has 0 saturated carbocycles. The first kappa shape index (κ1) is 16.1. The van der Waals surface area contributed by atoms with Gasteiger partial charge >= 0.3 is 0 Å². The number of anilines is 1. The van der Waals surface area contributed by atoms with Crippen LogP contribution < -0.4 is 9.80 Å². The molecule has 1 atom stereocenters. The summed E-state index contributed by atoms with van der Waals surface area (Å²) in [5, 5.41) is 11.8. The van der Waals surface area contributed by atoms with Crippen LogP contribution in [-0.2, 0) is 0 Å². The molecule has 0 spiro atoms. The molecule has 2 aromatic carbocycles. The number of rotatable bonds is 4. The molecule has 1 fully saturated rings. The number of hydrogen-bond acceptors (Lipinski definition) is 2. The summed E-state index contributed by atoms with van der Waals surface area (Å²) in [5.74, 6) is -0.199. The molecule has 3 N–H and O–H groups in total. The molecule has 5 heteroatoms. The van der Waals surface area contributed by atoms with Crippen molar-refractivity contribution in [2.45, 2.75) is 6.10 Å². The van der Waals surface area contributed by atoms with Crippen LogP contribution in [0.5, 0.6) is 0 Å². The third-order valence-corrected chi connectivity index (χ3v) is 5.12. The van der Waals surface area contributed by atoms with Crippen LogP contribution in [0.25, 0.3) is 10.9 Å². The Morgan fingerprint density at radius 2 is 1.80 bits per heavy atom. The average molecular weight is 340 g/mol. The van der Waals surface area contributed by atoms with Crippen molar-refractivity contribution < 1.29 is 14.4 Å². The number of piperazine rings is 1. The van der Waals surface area contributed by atoms with Crippen molar-refractivity contribution in [3.05, 3.63) is 66.1 Å². The van der Waals surface area contributed by atoms with Crippen molar-refractivity contribution in [3.8, 4) is 0 Å². The number of para-hydroxylation sites is 1. The molecule has 3 aromatic rings. The number of H-pyrrole nitrogens is 1. The minimum atomic E-state index is -0.469. The number of halogens is 1. The van der Waals surface area contributed by atoms with Crippen LogP contribution in [0.2, 0.25) is 0 Å². The maximum Gasteiger partial charge on any atom is 0.130 e. The van der Waals surface area contributed by atoms with E-state index in [1.165, 1.54) is 17.0 Å². The van der Waals surface area contributed by atoms with E-state index in [1.54, 1.807) is 0 Å². The fourth-order valence-corrected chi connectivity index (χ4v) is 3.69. The highest BCUT2D eigenvalue weighted by Crippen LogP contribution is 2.23. The van der Waals surface area contributed by atoms with Gasteiger partial charge in [-0.1, -0.05) is 18.2 Å². The van der Waals surface area contributed by atoms with Gasteiger partial charge < -0.3 is 19.9 Å². The highest BCUT2D eigenvalue weighted by molar-refractivity contribution is 5.83. The summed E-state index contributed by atoms with van der Waals surface area (Å²) < 4.78 is 13.1. The number of fused-ring (bicyclic) bond motifs is 1. The molecule has 130 valence electrons. The summed E-state index contributed by atoms with van der Waals surface area (Å²) in [5.41, 5.74) is 3.11. The van der Waals surface area contributed by atoms with Gasteiger partial charge in [-0.05, 0) is 30.3 Å². The standard InChI is InChI=1S/C20H22FN3O/c21-15-5-7-16(8-6-15)24-11-9-23(10-12-24)14-20(25)18-13-22-19-4-2-1-3-17(18)19/h1-8,13,20,22,25H,9-12,14H2/p+1/t20-/m1/s1. The molecule has 0 amide bonds. The van der Waals surface area contributed by atoms with Crippen molar-refractivity contribution in [2.75, 3.05) is 37.6 Å². The van der Waals surface area contributed by atoms with Crippen LogP contribution in [-0.4, -0.2) is 42.8 Å². The molecule has 25 heavy (non-hydrogen) atoms. The van der Waals surface area contributed by atoms with E-state index in [0.29, 0.717) is 6.54 Å². The number of aromatic nitrogens is 1. The van der Waals surface area contributed by atoms with Gasteiger partial charge in [0.1, 0.15) is 18.5 Å². The van der Waals surface area contributed by atoms with E-state index in [4.69, 9.17) is 0 Å². The van der Waals surface area contributed by atoms with Crippen LogP contribution in [0.4, 0.5) is 10.1 Å². The van der Waals surface area contributed by atoms with Crippen molar-refractivity contribution in [1.29, 1.82) is 0 Å². The maximum atomic E-state index is 13.1. The Hall–Kier alpha value is -2.37. The number of aliphatic hydroxyl groups is 1. The normalized spacial score (nSPS) is 17.1. The number of aliphatic hydroxyl groups excluding tert-OH is 1. The summed E-state index contributed by atoms with van der Waals surface area (Å²) in [7, 11) is 0. The van der Waals surface area contributed by atoms with Crippen LogP contribution in [0.3, 0.4) is 0 Å². The number of nitrogens with one attached hydrogen (secondary N) is 2. The van der Waals surface area contributed by atoms with E-state index in [0.717, 1.165) is 48.3 Å². The zero-order chi connectivity index (χ0) is 17.2. The molecule has 0 aliphatic carbocycles. The third-order valence-electron chi connectivity index (χ3n) is 5.12. The first-order valence-corrected chi connectivity index (χ1v) is 8.79. The van der Waals surface area contributed by atoms with Crippen molar-refractivity contribution in [1.82, 2.24) is 4.98 Å². The van der Waals surface area contributed by atoms with Gasteiger partial charge in [0.15, 0.2) is 0 Å². The lowest BCUT2D eigenvalue weighted by molar-refractivity contribution is -0.904. The van der Waals surface area contributed by atoms with E-state index in [9.17, 15) is 9.50 Å². The molecular formula is C20H23FN3O+. The summed E-state index contributed by atoms with van der Waals surface area (Å²) in [4.78, 5) is 6.91. The Balaban J connectivity index is 1.37. The van der Waals surface area contributed by atoms with Gasteiger partial charge in [-0.25, -0.2) is 4.39 Å². The Morgan fingerprint density at radius 3 is 2.56 bits per heavy atom. The fraction of sp³-hybridized carbons (Fsp3) is 0.300. The molecule has 1 aliphatic rings. The SMILES string of the molecule is O[C@H](C[NH+]1CCN(c2ccc(F)cc2)CC1)c1c[nH]c2ccccc12. The first-order chi connectivity index (χ1) is 12.2. The summed E-state index contributed by atoms with van der Waals surface area (Å²) in [6, 6.07) is 14.8. The predicted molar refractivity (Wildman–Crippen MR) is 97.4 cm³/mol. The van der Waals surface area contributed by atoms with Gasteiger partial charge in [0, 0.05) is 28.4 Å². The lowest BCUT2D eigenvalue weighted by Crippen LogP contribution is -3.15. The van der Waals surface area contributed by atoms with Gasteiger partial charge in [-0.3, -0.25) is 0 Å². The van der Waals surface area contributed by atoms with E-state index in [1.807, 2.05) is 42.6 Å². The Morgan fingerprint density at radius 1 is 1.08 bits per heavy atom. The van der Waals surface area contributed by atoms with E-state index < -0.39 is 6.10 Å². The Bertz CT molecular complexity index is 838. The zero-order valence-electron chi connectivity index (χ0n) is 14.1. The van der Waals surface area contributed by atoms with Crippen molar-refractivity contribution in [2.24, 2.45) is 0 Å². The number of quaternary nitrogens is 1. The number of nitrogens with zero attached hydrogens (tertiary/aromatic N) is 1. The zero-order valence-corrected chi connectivity index (χ0v) is 14.1. The second-order valence-corrected chi connectivity index (χ2v) is 6.72. The van der Waals surface area contributed by atoms with E-state index in [-0.39, 0.29) is 5.82 Å². The number of benzene rings is 2. The van der Waals surface area contributed by atoms with Crippen molar-refractivity contribution in [3.63, 3.8) is 0 Å². The largest absolute Gasteiger partial charge is 0.382 e. The van der Waals surface area contributed by atoms with Gasteiger partial charge in [0.2, 0.25) is 0 Å². The lowest BCUT2D eigenvalue weighted by Gasteiger charge is -2.34. The number of hydrogen-bond donors (Lipinski definition) is 3. The van der Waals surface area contributed by atoms with Crippen LogP contribution in [0, 0.1) is 5.82 Å². The molecule has 2 heterocycles. The molecule has 1 aliphatic heterocycles. The van der Waals surface area contributed by atoms with Crippen molar-refractivity contribution >= 4 is 16.6 Å². The van der Waals surface area contributed by atoms with Gasteiger partial charge in [-0.15, -0.1) is 0 Å². The van der Waals surface area contributed by atoms with E-state index in [2.05, 4.69) is 9.88 Å². The summed E-state index contributed by atoms with van der Waals surface area (Å²) in [6.07, 6.45) is 1.45. The van der Waals surface area contributed by atoms with Crippen LogP contribution >= 0.6 is 0 Å². The maximum absolute atomic E-state index is 13.1. The third kappa shape index (κ3) is 3.38. The molecule has 4 rings (SSSR count). The average Bonchev–Trinajstić information content (AvgIpc) is 3.07. The van der Waals surface area contributed by atoms with Gasteiger partial charge in [0.25, 0.3) is 0 Å². The molecule has 0 bridgehead atoms. The highest BCUT2D eigenvalue weighted by atomic mass is 19.1. The lowest BCUT2D eigenvalue weighted by atomic mass is 10.1. The quantitative estimate of drug-likeness (QED) is 0.677. The van der Waals surface area contributed by atoms with Gasteiger partial charge in [0.05, 0.1) is 26.2 Å². The molecule has 1 aromatic heterocycles. The van der Waals surface area contributed by atoms with Gasteiger partial charge in [-0.2, -0.15) is 0 Å². The molecule has 0 unspecified atom stereocenters. The molecule has 0 radical (unpaired) electrons. The first-order valence-electron chi connectivity index (χ1n) is 8.79. The Kier molecular flexibility index (Phi) is 4.42. The highest BCUT2D eigenvalue weighted by Gasteiger charge is 2.24. The minimum absolute atomic E-state index is 0.199. The molecule has 4 nitrogen and oxygen atoms in total. The molecule has 1 saturated heterocycles. The Labute approximate surface area is 146 Å². The van der Waals surface area contributed by atoms with Crippen LogP contribution in [0.1, 0.15) is 11.7 Å². The fourth-order valence-electron chi connectivity index (χ4n) is 3.69. The second kappa shape index (κ2) is 6.86.